The van der Waals surface area contributed by atoms with Crippen LogP contribution in [0.2, 0.25) is 0 Å². The van der Waals surface area contributed by atoms with Crippen LogP contribution < -0.4 is 10.6 Å². The number of piperidine rings is 1. The maximum absolute atomic E-state index is 13.6. The fourth-order valence-corrected chi connectivity index (χ4v) is 3.49. The first-order valence-electron chi connectivity index (χ1n) is 10.4. The largest absolute Gasteiger partial charge is 0.383 e. The summed E-state index contributed by atoms with van der Waals surface area (Å²) in [6, 6.07) is 6.82. The van der Waals surface area contributed by atoms with E-state index in [9.17, 15) is 4.39 Å². The van der Waals surface area contributed by atoms with E-state index in [2.05, 4.69) is 36.3 Å². The van der Waals surface area contributed by atoms with Gasteiger partial charge in [0.1, 0.15) is 5.82 Å². The normalized spacial score (nSPS) is 16.4. The van der Waals surface area contributed by atoms with E-state index in [0.29, 0.717) is 12.5 Å². The topological polar surface area (TPSA) is 48.9 Å². The minimum atomic E-state index is -0.225. The lowest BCUT2D eigenvalue weighted by Gasteiger charge is -2.32. The predicted molar refractivity (Wildman–Crippen MR) is 130 cm³/mol. The van der Waals surface area contributed by atoms with E-state index in [1.807, 2.05) is 6.07 Å². The van der Waals surface area contributed by atoms with Crippen LogP contribution in [0.15, 0.2) is 29.3 Å². The van der Waals surface area contributed by atoms with Crippen molar-refractivity contribution in [2.45, 2.75) is 39.0 Å². The fraction of sp³-hybridized carbons (Fsp3) is 0.682. The number of halogens is 2. The van der Waals surface area contributed by atoms with E-state index in [-0.39, 0.29) is 35.2 Å². The fourth-order valence-electron chi connectivity index (χ4n) is 3.49. The van der Waals surface area contributed by atoms with Crippen molar-refractivity contribution >= 4 is 29.9 Å². The molecule has 0 unspecified atom stereocenters. The van der Waals surface area contributed by atoms with Gasteiger partial charge in [0.25, 0.3) is 0 Å². The molecule has 1 aliphatic rings. The molecule has 2 rings (SSSR count). The van der Waals surface area contributed by atoms with Crippen LogP contribution in [-0.2, 0) is 10.2 Å². The predicted octanol–water partition coefficient (Wildman–Crippen LogP) is 3.63. The molecule has 0 aromatic heterocycles. The van der Waals surface area contributed by atoms with Crippen LogP contribution in [0.4, 0.5) is 4.39 Å². The molecule has 0 saturated carbocycles. The first-order chi connectivity index (χ1) is 13.4. The Hall–Kier alpha value is -0.930. The molecule has 29 heavy (non-hydrogen) atoms. The zero-order chi connectivity index (χ0) is 20.4. The molecule has 1 fully saturated rings. The molecule has 5 nitrogen and oxygen atoms in total. The van der Waals surface area contributed by atoms with Gasteiger partial charge in [-0.15, -0.1) is 24.0 Å². The van der Waals surface area contributed by atoms with E-state index in [4.69, 9.17) is 9.73 Å². The third-order valence-corrected chi connectivity index (χ3v) is 5.46. The zero-order valence-corrected chi connectivity index (χ0v) is 20.7. The number of guanidine groups is 1. The first-order valence-corrected chi connectivity index (χ1v) is 10.4. The summed E-state index contributed by atoms with van der Waals surface area (Å²) in [5.74, 6) is 1.31. The summed E-state index contributed by atoms with van der Waals surface area (Å²) in [5, 5.41) is 6.84. The molecular formula is C22H38FIN4O. The highest BCUT2D eigenvalue weighted by molar-refractivity contribution is 14.0. The van der Waals surface area contributed by atoms with E-state index in [1.165, 1.54) is 18.9 Å². The Bertz CT molecular complexity index is 619. The Morgan fingerprint density at radius 1 is 1.28 bits per heavy atom. The summed E-state index contributed by atoms with van der Waals surface area (Å²) in [5.41, 5.74) is 0.743. The van der Waals surface area contributed by atoms with Crippen molar-refractivity contribution < 1.29 is 9.13 Å². The van der Waals surface area contributed by atoms with Gasteiger partial charge in [0.15, 0.2) is 5.96 Å². The number of methoxy groups -OCH3 is 1. The summed E-state index contributed by atoms with van der Waals surface area (Å²) >= 11 is 0. The second-order valence-corrected chi connectivity index (χ2v) is 8.25. The van der Waals surface area contributed by atoms with Crippen LogP contribution in [0, 0.1) is 11.7 Å². The molecule has 1 aliphatic heterocycles. The zero-order valence-electron chi connectivity index (χ0n) is 18.3. The maximum Gasteiger partial charge on any atom is 0.191 e. The van der Waals surface area contributed by atoms with Crippen molar-refractivity contribution in [3.8, 4) is 0 Å². The highest BCUT2D eigenvalue weighted by atomic mass is 127. The molecular weight excluding hydrogens is 482 g/mol. The van der Waals surface area contributed by atoms with Gasteiger partial charge in [0, 0.05) is 32.2 Å². The minimum Gasteiger partial charge on any atom is -0.383 e. The van der Waals surface area contributed by atoms with Crippen LogP contribution in [0.1, 0.15) is 39.2 Å². The van der Waals surface area contributed by atoms with Gasteiger partial charge in [0.05, 0.1) is 13.2 Å². The van der Waals surface area contributed by atoms with E-state index in [1.54, 1.807) is 19.2 Å². The number of hydrogen-bond acceptors (Lipinski definition) is 3. The Labute approximate surface area is 192 Å². The third-order valence-electron chi connectivity index (χ3n) is 5.46. The van der Waals surface area contributed by atoms with Gasteiger partial charge >= 0.3 is 0 Å². The average Bonchev–Trinajstić information content (AvgIpc) is 2.69. The Kier molecular flexibility index (Phi) is 12.1. The van der Waals surface area contributed by atoms with Crippen LogP contribution in [-0.4, -0.2) is 63.8 Å². The van der Waals surface area contributed by atoms with Crippen molar-refractivity contribution in [3.63, 3.8) is 0 Å². The Morgan fingerprint density at radius 3 is 2.62 bits per heavy atom. The monoisotopic (exact) mass is 520 g/mol. The van der Waals surface area contributed by atoms with Gasteiger partial charge in [-0.05, 0) is 56.5 Å². The molecule has 0 bridgehead atoms. The van der Waals surface area contributed by atoms with Crippen LogP contribution in [0.3, 0.4) is 0 Å². The van der Waals surface area contributed by atoms with E-state index >= 15 is 0 Å². The molecule has 1 heterocycles. The number of hydrogen-bond donors (Lipinski definition) is 2. The summed E-state index contributed by atoms with van der Waals surface area (Å²) < 4.78 is 18.7. The Morgan fingerprint density at radius 2 is 2.00 bits per heavy atom. The number of aliphatic imine (C=N–C) groups is 1. The van der Waals surface area contributed by atoms with Crippen molar-refractivity contribution in [2.24, 2.45) is 10.9 Å². The molecule has 166 valence electrons. The number of benzene rings is 1. The molecule has 0 spiro atoms. The van der Waals surface area contributed by atoms with Crippen molar-refractivity contribution in [1.29, 1.82) is 0 Å². The second kappa shape index (κ2) is 13.4. The Balaban J connectivity index is 0.00000420. The molecule has 7 heteroatoms. The van der Waals surface area contributed by atoms with Crippen LogP contribution >= 0.6 is 24.0 Å². The first kappa shape index (κ1) is 26.1. The third kappa shape index (κ3) is 9.17. The van der Waals surface area contributed by atoms with E-state index < -0.39 is 0 Å². The summed E-state index contributed by atoms with van der Waals surface area (Å²) in [6.07, 6.45) is 2.40. The quantitative estimate of drug-likeness (QED) is 0.297. The number of ether oxygens (including phenoxy) is 1. The number of nitrogens with one attached hydrogen (secondary N) is 2. The molecule has 2 N–H and O–H groups in total. The van der Waals surface area contributed by atoms with Gasteiger partial charge in [0.2, 0.25) is 0 Å². The number of nitrogens with zero attached hydrogens (tertiary/aromatic N) is 2. The van der Waals surface area contributed by atoms with Gasteiger partial charge in [-0.1, -0.05) is 26.0 Å². The standard InChI is InChI=1S/C22H37FN4O.HI/c1-5-24-21(25-16-18-9-11-27(12-10-18)13-14-28-4)26-17-22(2,3)19-7-6-8-20(23)15-19;/h6-8,15,18H,5,9-14,16-17H2,1-4H3,(H2,24,25,26);1H. The highest BCUT2D eigenvalue weighted by Gasteiger charge is 2.22. The van der Waals surface area contributed by atoms with Crippen molar-refractivity contribution in [2.75, 3.05) is 53.0 Å². The minimum absolute atomic E-state index is 0. The van der Waals surface area contributed by atoms with Crippen LogP contribution in [0.25, 0.3) is 0 Å². The summed E-state index contributed by atoms with van der Waals surface area (Å²) in [4.78, 5) is 7.25. The lowest BCUT2D eigenvalue weighted by Crippen LogP contribution is -2.43. The van der Waals surface area contributed by atoms with Gasteiger partial charge < -0.3 is 20.3 Å². The highest BCUT2D eigenvalue weighted by Crippen LogP contribution is 2.24. The van der Waals surface area contributed by atoms with Gasteiger partial charge in [-0.3, -0.25) is 4.99 Å². The van der Waals surface area contributed by atoms with Gasteiger partial charge in [-0.2, -0.15) is 0 Å². The lowest BCUT2D eigenvalue weighted by atomic mass is 9.85. The maximum atomic E-state index is 13.6. The van der Waals surface area contributed by atoms with Gasteiger partial charge in [-0.25, -0.2) is 4.39 Å². The SMILES string of the molecule is CCNC(=NCC(C)(C)c1cccc(F)c1)NCC1CCN(CCOC)CC1.I. The number of rotatable bonds is 9. The van der Waals surface area contributed by atoms with E-state index in [0.717, 1.165) is 50.9 Å². The molecule has 0 radical (unpaired) electrons. The molecule has 0 amide bonds. The number of likely N-dealkylation sites (tertiary alicyclic amines) is 1. The average molecular weight is 520 g/mol. The smallest absolute Gasteiger partial charge is 0.191 e. The van der Waals surface area contributed by atoms with Crippen molar-refractivity contribution in [1.82, 2.24) is 15.5 Å². The molecule has 1 saturated heterocycles. The summed E-state index contributed by atoms with van der Waals surface area (Å²) in [7, 11) is 1.76. The second-order valence-electron chi connectivity index (χ2n) is 8.25. The van der Waals surface area contributed by atoms with Crippen molar-refractivity contribution in [3.05, 3.63) is 35.6 Å². The molecule has 1 aromatic carbocycles. The van der Waals surface area contributed by atoms with Crippen LogP contribution in [0.5, 0.6) is 0 Å². The summed E-state index contributed by atoms with van der Waals surface area (Å²) in [6.45, 7) is 12.7. The lowest BCUT2D eigenvalue weighted by molar-refractivity contribution is 0.121. The molecule has 0 atom stereocenters. The molecule has 1 aromatic rings. The molecule has 0 aliphatic carbocycles.